The van der Waals surface area contributed by atoms with E-state index >= 15 is 0 Å². The number of rotatable bonds is 5. The van der Waals surface area contributed by atoms with Crippen LogP contribution in [-0.2, 0) is 6.42 Å². The molecule has 0 fully saturated rings. The average Bonchev–Trinajstić information content (AvgIpc) is 2.47. The Kier molecular flexibility index (Phi) is 4.98. The maximum atomic E-state index is 10.4. The lowest BCUT2D eigenvalue weighted by Crippen LogP contribution is -2.04. The van der Waals surface area contributed by atoms with Gasteiger partial charge >= 0.3 is 0 Å². The van der Waals surface area contributed by atoms with Crippen LogP contribution in [0.2, 0.25) is 0 Å². The van der Waals surface area contributed by atoms with Gasteiger partial charge in [0, 0.05) is 23.3 Å². The van der Waals surface area contributed by atoms with E-state index in [1.54, 1.807) is 38.7 Å². The van der Waals surface area contributed by atoms with E-state index in [-0.39, 0.29) is 0 Å². The second kappa shape index (κ2) is 6.72. The Balaban J connectivity index is 2.27. The second-order valence-electron chi connectivity index (χ2n) is 4.31. The molecule has 1 aromatic carbocycles. The average molecular weight is 338 g/mol. The number of halogens is 1. The first kappa shape index (κ1) is 14.8. The van der Waals surface area contributed by atoms with Gasteiger partial charge in [0.05, 0.1) is 20.3 Å². The van der Waals surface area contributed by atoms with Gasteiger partial charge in [0.15, 0.2) is 11.5 Å². The second-order valence-corrected chi connectivity index (χ2v) is 5.16. The van der Waals surface area contributed by atoms with Crippen molar-refractivity contribution in [1.29, 1.82) is 0 Å². The van der Waals surface area contributed by atoms with E-state index in [4.69, 9.17) is 9.47 Å². The quantitative estimate of drug-likeness (QED) is 0.910. The van der Waals surface area contributed by atoms with Gasteiger partial charge < -0.3 is 14.6 Å². The van der Waals surface area contributed by atoms with Crippen LogP contribution >= 0.6 is 15.9 Å². The number of aromatic nitrogens is 1. The fraction of sp³-hybridized carbons (Fsp3) is 0.267. The number of aliphatic hydroxyl groups excluding tert-OH is 1. The molecule has 0 saturated heterocycles. The number of aliphatic hydroxyl groups is 1. The van der Waals surface area contributed by atoms with Crippen molar-refractivity contribution in [1.82, 2.24) is 4.98 Å². The van der Waals surface area contributed by atoms with Crippen LogP contribution in [0.4, 0.5) is 0 Å². The van der Waals surface area contributed by atoms with Gasteiger partial charge in [0.1, 0.15) is 0 Å². The molecule has 2 aromatic rings. The summed E-state index contributed by atoms with van der Waals surface area (Å²) in [6.07, 6.45) is 3.30. The molecule has 1 atom stereocenters. The minimum atomic E-state index is -0.645. The number of benzene rings is 1. The van der Waals surface area contributed by atoms with E-state index in [9.17, 15) is 5.11 Å². The maximum Gasteiger partial charge on any atom is 0.161 e. The van der Waals surface area contributed by atoms with Crippen LogP contribution in [0, 0.1) is 0 Å². The van der Waals surface area contributed by atoms with Crippen molar-refractivity contribution in [3.63, 3.8) is 0 Å². The Morgan fingerprint density at radius 2 is 1.95 bits per heavy atom. The van der Waals surface area contributed by atoms with E-state index in [0.717, 1.165) is 15.6 Å². The summed E-state index contributed by atoms with van der Waals surface area (Å²) in [5.41, 5.74) is 1.73. The largest absolute Gasteiger partial charge is 0.493 e. The minimum absolute atomic E-state index is 0.488. The Morgan fingerprint density at radius 3 is 2.55 bits per heavy atom. The van der Waals surface area contributed by atoms with Crippen molar-refractivity contribution >= 4 is 15.9 Å². The highest BCUT2D eigenvalue weighted by Gasteiger charge is 2.16. The highest BCUT2D eigenvalue weighted by atomic mass is 79.9. The highest BCUT2D eigenvalue weighted by Crippen LogP contribution is 2.36. The van der Waals surface area contributed by atoms with Crippen LogP contribution in [0.1, 0.15) is 17.2 Å². The Labute approximate surface area is 126 Å². The molecule has 0 saturated carbocycles. The third-order valence-electron chi connectivity index (χ3n) is 3.01. The first-order chi connectivity index (χ1) is 9.65. The van der Waals surface area contributed by atoms with Gasteiger partial charge in [0.25, 0.3) is 0 Å². The predicted octanol–water partition coefficient (Wildman–Crippen LogP) is 3.14. The number of nitrogens with zero attached hydrogens (tertiary/aromatic N) is 1. The summed E-state index contributed by atoms with van der Waals surface area (Å²) in [5.74, 6) is 1.22. The molecule has 0 radical (unpaired) electrons. The number of ether oxygens (including phenoxy) is 2. The number of hydrogen-bond acceptors (Lipinski definition) is 4. The smallest absolute Gasteiger partial charge is 0.161 e. The van der Waals surface area contributed by atoms with Crippen LogP contribution in [0.3, 0.4) is 0 Å². The van der Waals surface area contributed by atoms with Crippen LogP contribution in [0.5, 0.6) is 11.5 Å². The van der Waals surface area contributed by atoms with Crippen molar-refractivity contribution < 1.29 is 14.6 Å². The van der Waals surface area contributed by atoms with E-state index in [0.29, 0.717) is 17.9 Å². The van der Waals surface area contributed by atoms with Gasteiger partial charge in [-0.05, 0) is 29.3 Å². The molecule has 1 unspecified atom stereocenters. The van der Waals surface area contributed by atoms with Gasteiger partial charge in [-0.25, -0.2) is 0 Å². The summed E-state index contributed by atoms with van der Waals surface area (Å²) in [7, 11) is 3.15. The highest BCUT2D eigenvalue weighted by molar-refractivity contribution is 9.10. The molecule has 4 nitrogen and oxygen atoms in total. The summed E-state index contributed by atoms with van der Waals surface area (Å²) in [4.78, 5) is 4.05. The Hall–Kier alpha value is -1.59. The summed E-state index contributed by atoms with van der Waals surface area (Å²) >= 11 is 3.45. The molecular weight excluding hydrogens is 322 g/mol. The first-order valence-electron chi connectivity index (χ1n) is 6.14. The van der Waals surface area contributed by atoms with E-state index in [1.165, 1.54) is 0 Å². The molecule has 1 aromatic heterocycles. The van der Waals surface area contributed by atoms with Crippen molar-refractivity contribution in [2.75, 3.05) is 14.2 Å². The summed E-state index contributed by atoms with van der Waals surface area (Å²) in [5, 5.41) is 10.4. The summed E-state index contributed by atoms with van der Waals surface area (Å²) < 4.78 is 11.3. The Morgan fingerprint density at radius 1 is 1.25 bits per heavy atom. The fourth-order valence-electron chi connectivity index (χ4n) is 1.98. The molecule has 0 amide bonds. The number of pyridine rings is 1. The molecule has 2 rings (SSSR count). The zero-order valence-corrected chi connectivity index (χ0v) is 12.9. The standard InChI is InChI=1S/C15H16BrNO3/c1-19-14-7-11(12(16)8-15(14)20-2)13(18)6-10-4-3-5-17-9-10/h3-5,7-9,13,18H,6H2,1-2H3. The van der Waals surface area contributed by atoms with Crippen LogP contribution in [0.25, 0.3) is 0 Å². The van der Waals surface area contributed by atoms with Crippen LogP contribution in [0.15, 0.2) is 41.1 Å². The molecule has 1 heterocycles. The van der Waals surface area contributed by atoms with Crippen molar-refractivity contribution in [3.05, 3.63) is 52.3 Å². The first-order valence-corrected chi connectivity index (χ1v) is 6.93. The SMILES string of the molecule is COc1cc(Br)c(C(O)Cc2cccnc2)cc1OC. The maximum absolute atomic E-state index is 10.4. The van der Waals surface area contributed by atoms with E-state index < -0.39 is 6.10 Å². The third kappa shape index (κ3) is 3.29. The molecule has 0 aliphatic carbocycles. The molecule has 0 aliphatic heterocycles. The molecule has 1 N–H and O–H groups in total. The predicted molar refractivity (Wildman–Crippen MR) is 80.1 cm³/mol. The molecule has 20 heavy (non-hydrogen) atoms. The molecule has 0 aliphatic rings. The van der Waals surface area contributed by atoms with E-state index in [1.807, 2.05) is 12.1 Å². The topological polar surface area (TPSA) is 51.6 Å². The monoisotopic (exact) mass is 337 g/mol. The van der Waals surface area contributed by atoms with Gasteiger partial charge in [0.2, 0.25) is 0 Å². The lowest BCUT2D eigenvalue weighted by Gasteiger charge is -2.16. The van der Waals surface area contributed by atoms with Crippen LogP contribution < -0.4 is 9.47 Å². The zero-order valence-electron chi connectivity index (χ0n) is 11.3. The van der Waals surface area contributed by atoms with Gasteiger partial charge in [-0.3, -0.25) is 4.98 Å². The lowest BCUT2D eigenvalue weighted by molar-refractivity contribution is 0.177. The van der Waals surface area contributed by atoms with Crippen LogP contribution in [-0.4, -0.2) is 24.3 Å². The molecule has 0 bridgehead atoms. The number of methoxy groups -OCH3 is 2. The molecular formula is C15H16BrNO3. The minimum Gasteiger partial charge on any atom is -0.493 e. The van der Waals surface area contributed by atoms with Gasteiger partial charge in [-0.2, -0.15) is 0 Å². The number of hydrogen-bond donors (Lipinski definition) is 1. The van der Waals surface area contributed by atoms with Gasteiger partial charge in [-0.1, -0.05) is 22.0 Å². The fourth-order valence-corrected chi connectivity index (χ4v) is 2.56. The lowest BCUT2D eigenvalue weighted by atomic mass is 10.0. The molecule has 5 heteroatoms. The Bertz CT molecular complexity index is 575. The zero-order chi connectivity index (χ0) is 14.5. The third-order valence-corrected chi connectivity index (χ3v) is 3.70. The molecule has 0 spiro atoms. The normalized spacial score (nSPS) is 12.0. The van der Waals surface area contributed by atoms with Gasteiger partial charge in [-0.15, -0.1) is 0 Å². The molecule has 106 valence electrons. The summed E-state index contributed by atoms with van der Waals surface area (Å²) in [6, 6.07) is 7.36. The van der Waals surface area contributed by atoms with E-state index in [2.05, 4.69) is 20.9 Å². The van der Waals surface area contributed by atoms with Crippen molar-refractivity contribution in [2.24, 2.45) is 0 Å². The van der Waals surface area contributed by atoms with Crippen molar-refractivity contribution in [2.45, 2.75) is 12.5 Å². The summed E-state index contributed by atoms with van der Waals surface area (Å²) in [6.45, 7) is 0. The van der Waals surface area contributed by atoms with Crippen molar-refractivity contribution in [3.8, 4) is 11.5 Å².